The van der Waals surface area contributed by atoms with Crippen molar-refractivity contribution in [2.24, 2.45) is 5.92 Å². The van der Waals surface area contributed by atoms with Crippen LogP contribution in [0, 0.1) is 11.7 Å². The third-order valence-electron chi connectivity index (χ3n) is 6.44. The molecule has 31 heavy (non-hydrogen) atoms. The molecule has 1 aliphatic heterocycles. The number of piperidine rings is 1. The van der Waals surface area contributed by atoms with Crippen molar-refractivity contribution >= 4 is 11.9 Å². The predicted molar refractivity (Wildman–Crippen MR) is 115 cm³/mol. The zero-order valence-corrected chi connectivity index (χ0v) is 18.1. The fraction of sp³-hybridized carbons (Fsp3) is 0.542. The van der Waals surface area contributed by atoms with Crippen LogP contribution in [0.5, 0.6) is 0 Å². The van der Waals surface area contributed by atoms with E-state index in [0.717, 1.165) is 49.8 Å². The fourth-order valence-corrected chi connectivity index (χ4v) is 4.75. The van der Waals surface area contributed by atoms with Gasteiger partial charge in [-0.05, 0) is 62.9 Å². The summed E-state index contributed by atoms with van der Waals surface area (Å²) >= 11 is 0. The van der Waals surface area contributed by atoms with E-state index in [-0.39, 0.29) is 30.1 Å². The van der Waals surface area contributed by atoms with Gasteiger partial charge in [0, 0.05) is 24.6 Å². The maximum atomic E-state index is 13.4. The van der Waals surface area contributed by atoms with Crippen LogP contribution in [0.3, 0.4) is 0 Å². The molecule has 166 valence electrons. The second-order valence-corrected chi connectivity index (χ2v) is 8.48. The van der Waals surface area contributed by atoms with E-state index in [0.29, 0.717) is 19.0 Å². The molecule has 2 aliphatic rings. The van der Waals surface area contributed by atoms with Gasteiger partial charge in [-0.15, -0.1) is 0 Å². The Hall–Kier alpha value is -2.70. The van der Waals surface area contributed by atoms with Gasteiger partial charge in [-0.1, -0.05) is 19.3 Å². The molecule has 6 nitrogen and oxygen atoms in total. The third kappa shape index (κ3) is 4.81. The quantitative estimate of drug-likeness (QED) is 0.654. The van der Waals surface area contributed by atoms with Crippen LogP contribution in [0.25, 0.3) is 11.3 Å². The van der Waals surface area contributed by atoms with Crippen molar-refractivity contribution in [2.45, 2.75) is 57.9 Å². The van der Waals surface area contributed by atoms with E-state index in [4.69, 9.17) is 4.74 Å². The van der Waals surface area contributed by atoms with Crippen LogP contribution >= 0.6 is 0 Å². The largest absolute Gasteiger partial charge is 0.461 e. The molecule has 1 saturated heterocycles. The summed E-state index contributed by atoms with van der Waals surface area (Å²) in [7, 11) is 0. The Balaban J connectivity index is 1.52. The summed E-state index contributed by atoms with van der Waals surface area (Å²) < 4.78 is 20.4. The molecule has 1 aliphatic carbocycles. The lowest BCUT2D eigenvalue weighted by atomic mass is 9.87. The van der Waals surface area contributed by atoms with Crippen LogP contribution in [-0.2, 0) is 9.53 Å². The van der Waals surface area contributed by atoms with Gasteiger partial charge in [0.1, 0.15) is 5.82 Å². The third-order valence-corrected chi connectivity index (χ3v) is 6.44. The number of aromatic nitrogens is 2. The number of likely N-dealkylation sites (tertiary alicyclic amines) is 1. The second kappa shape index (κ2) is 9.62. The summed E-state index contributed by atoms with van der Waals surface area (Å²) in [6.07, 6.45) is 7.11. The van der Waals surface area contributed by atoms with Crippen LogP contribution in [0.4, 0.5) is 4.39 Å². The maximum Gasteiger partial charge on any atom is 0.358 e. The van der Waals surface area contributed by atoms with E-state index in [9.17, 15) is 14.0 Å². The van der Waals surface area contributed by atoms with Gasteiger partial charge in [-0.25, -0.2) is 9.18 Å². The van der Waals surface area contributed by atoms with E-state index in [1.165, 1.54) is 18.6 Å². The first kappa shape index (κ1) is 21.5. The van der Waals surface area contributed by atoms with E-state index < -0.39 is 5.97 Å². The Bertz CT molecular complexity index is 911. The molecule has 0 N–H and O–H groups in total. The zero-order valence-electron chi connectivity index (χ0n) is 18.1. The molecule has 0 radical (unpaired) electrons. The molecule has 0 unspecified atom stereocenters. The first-order valence-electron chi connectivity index (χ1n) is 11.4. The van der Waals surface area contributed by atoms with Crippen molar-refractivity contribution in [3.05, 3.63) is 41.8 Å². The molecule has 4 rings (SSSR count). The Morgan fingerprint density at radius 2 is 1.74 bits per heavy atom. The minimum absolute atomic E-state index is 0.0682. The van der Waals surface area contributed by atoms with Crippen molar-refractivity contribution in [2.75, 3.05) is 19.7 Å². The van der Waals surface area contributed by atoms with Crippen molar-refractivity contribution in [3.63, 3.8) is 0 Å². The van der Waals surface area contributed by atoms with Gasteiger partial charge >= 0.3 is 5.97 Å². The number of esters is 1. The minimum atomic E-state index is -0.463. The number of halogens is 1. The number of ether oxygens (including phenoxy) is 1. The van der Waals surface area contributed by atoms with Crippen molar-refractivity contribution in [1.29, 1.82) is 0 Å². The Labute approximate surface area is 182 Å². The van der Waals surface area contributed by atoms with Gasteiger partial charge in [0.2, 0.25) is 5.91 Å². The molecule has 7 heteroatoms. The standard InChI is InChI=1S/C24H30FN3O3/c1-2-31-24(30)21-16-22(17-8-10-19(25)11-9-17)28(26-21)20-12-14-27(15-13-20)23(29)18-6-4-3-5-7-18/h8-11,16,18,20H,2-7,12-15H2,1H3. The van der Waals surface area contributed by atoms with Crippen LogP contribution < -0.4 is 0 Å². The molecule has 1 aromatic carbocycles. The summed E-state index contributed by atoms with van der Waals surface area (Å²) in [6.45, 7) is 3.42. The van der Waals surface area contributed by atoms with Gasteiger partial charge in [-0.2, -0.15) is 5.10 Å². The summed E-state index contributed by atoms with van der Waals surface area (Å²) in [6, 6.07) is 7.98. The van der Waals surface area contributed by atoms with Crippen molar-refractivity contribution in [3.8, 4) is 11.3 Å². The molecular formula is C24H30FN3O3. The highest BCUT2D eigenvalue weighted by atomic mass is 19.1. The van der Waals surface area contributed by atoms with E-state index in [1.54, 1.807) is 25.1 Å². The molecule has 0 atom stereocenters. The minimum Gasteiger partial charge on any atom is -0.461 e. The van der Waals surface area contributed by atoms with Crippen LogP contribution in [0.2, 0.25) is 0 Å². The number of rotatable bonds is 5. The number of hydrogen-bond acceptors (Lipinski definition) is 4. The predicted octanol–water partition coefficient (Wildman–Crippen LogP) is 4.61. The number of nitrogens with zero attached hydrogens (tertiary/aromatic N) is 3. The molecule has 2 aromatic rings. The smallest absolute Gasteiger partial charge is 0.358 e. The summed E-state index contributed by atoms with van der Waals surface area (Å²) in [5.41, 5.74) is 1.81. The van der Waals surface area contributed by atoms with Gasteiger partial charge in [0.25, 0.3) is 0 Å². The van der Waals surface area contributed by atoms with Crippen molar-refractivity contribution in [1.82, 2.24) is 14.7 Å². The molecular weight excluding hydrogens is 397 g/mol. The highest BCUT2D eigenvalue weighted by Crippen LogP contribution is 2.32. The van der Waals surface area contributed by atoms with Crippen LogP contribution in [0.15, 0.2) is 30.3 Å². The van der Waals surface area contributed by atoms with Crippen molar-refractivity contribution < 1.29 is 18.7 Å². The van der Waals surface area contributed by atoms with E-state index >= 15 is 0 Å². The maximum absolute atomic E-state index is 13.4. The monoisotopic (exact) mass is 427 g/mol. The molecule has 0 spiro atoms. The number of benzene rings is 1. The van der Waals surface area contributed by atoms with Gasteiger partial charge < -0.3 is 9.64 Å². The lowest BCUT2D eigenvalue weighted by Gasteiger charge is -2.35. The fourth-order valence-electron chi connectivity index (χ4n) is 4.75. The highest BCUT2D eigenvalue weighted by molar-refractivity contribution is 5.88. The van der Waals surface area contributed by atoms with Gasteiger partial charge in [-0.3, -0.25) is 9.48 Å². The average Bonchev–Trinajstić information content (AvgIpc) is 3.26. The van der Waals surface area contributed by atoms with Crippen LogP contribution in [-0.4, -0.2) is 46.3 Å². The Morgan fingerprint density at radius 1 is 1.06 bits per heavy atom. The van der Waals surface area contributed by atoms with E-state index in [2.05, 4.69) is 5.10 Å². The van der Waals surface area contributed by atoms with E-state index in [1.807, 2.05) is 9.58 Å². The molecule has 1 saturated carbocycles. The topological polar surface area (TPSA) is 64.4 Å². The zero-order chi connectivity index (χ0) is 21.8. The average molecular weight is 428 g/mol. The summed E-state index contributed by atoms with van der Waals surface area (Å²) in [5, 5.41) is 4.56. The highest BCUT2D eigenvalue weighted by Gasteiger charge is 2.31. The number of carbonyl (C=O) groups is 2. The molecule has 2 heterocycles. The number of amides is 1. The Kier molecular flexibility index (Phi) is 6.68. The SMILES string of the molecule is CCOC(=O)c1cc(-c2ccc(F)cc2)n(C2CCN(C(=O)C3CCCCC3)CC2)n1. The second-order valence-electron chi connectivity index (χ2n) is 8.48. The molecule has 1 aromatic heterocycles. The Morgan fingerprint density at radius 3 is 2.39 bits per heavy atom. The first-order chi connectivity index (χ1) is 15.1. The summed E-state index contributed by atoms with van der Waals surface area (Å²) in [4.78, 5) is 27.2. The molecule has 1 amide bonds. The van der Waals surface area contributed by atoms with Gasteiger partial charge in [0.15, 0.2) is 5.69 Å². The lowest BCUT2D eigenvalue weighted by Crippen LogP contribution is -2.42. The number of hydrogen-bond donors (Lipinski definition) is 0. The molecule has 0 bridgehead atoms. The summed E-state index contributed by atoms with van der Waals surface area (Å²) in [5.74, 6) is -0.297. The van der Waals surface area contributed by atoms with Gasteiger partial charge in [0.05, 0.1) is 18.3 Å². The van der Waals surface area contributed by atoms with Crippen LogP contribution in [0.1, 0.15) is 68.4 Å². The normalized spacial score (nSPS) is 18.2. The lowest BCUT2D eigenvalue weighted by molar-refractivity contribution is -0.137. The molecule has 2 fully saturated rings. The number of carbonyl (C=O) groups excluding carboxylic acids is 2. The first-order valence-corrected chi connectivity index (χ1v) is 11.4.